The zero-order valence-corrected chi connectivity index (χ0v) is 16.4. The molecular formula is C21H26N4O3. The minimum absolute atomic E-state index is 0.0264. The van der Waals surface area contributed by atoms with Crippen molar-refractivity contribution in [3.63, 3.8) is 0 Å². The number of aromatic nitrogens is 1. The molecule has 1 atom stereocenters. The third-order valence-corrected chi connectivity index (χ3v) is 4.28. The van der Waals surface area contributed by atoms with E-state index in [-0.39, 0.29) is 30.6 Å². The molecule has 2 aromatic rings. The zero-order valence-electron chi connectivity index (χ0n) is 16.4. The van der Waals surface area contributed by atoms with Gasteiger partial charge < -0.3 is 11.1 Å². The van der Waals surface area contributed by atoms with Crippen molar-refractivity contribution in [1.82, 2.24) is 4.98 Å². The van der Waals surface area contributed by atoms with Crippen LogP contribution in [0.4, 0.5) is 11.5 Å². The lowest BCUT2D eigenvalue weighted by Gasteiger charge is -2.32. The number of hydrogen-bond donors (Lipinski definition) is 2. The first-order chi connectivity index (χ1) is 13.3. The maximum atomic E-state index is 13.0. The fourth-order valence-corrected chi connectivity index (χ4v) is 2.90. The average Bonchev–Trinajstić information content (AvgIpc) is 2.65. The Balaban J connectivity index is 2.15. The van der Waals surface area contributed by atoms with E-state index in [0.29, 0.717) is 11.5 Å². The Bertz CT molecular complexity index is 819. The summed E-state index contributed by atoms with van der Waals surface area (Å²) in [5.41, 5.74) is 7.20. The monoisotopic (exact) mass is 382 g/mol. The normalized spacial score (nSPS) is 11.7. The van der Waals surface area contributed by atoms with E-state index in [1.807, 2.05) is 32.9 Å². The highest BCUT2D eigenvalue weighted by atomic mass is 16.2. The summed E-state index contributed by atoms with van der Waals surface area (Å²) in [5, 5.41) is 2.65. The number of anilines is 2. The fourth-order valence-electron chi connectivity index (χ4n) is 2.90. The van der Waals surface area contributed by atoms with Crippen LogP contribution < -0.4 is 16.0 Å². The van der Waals surface area contributed by atoms with Gasteiger partial charge in [-0.3, -0.25) is 19.3 Å². The number of amides is 3. The summed E-state index contributed by atoms with van der Waals surface area (Å²) in [6.07, 6.45) is 1.49. The lowest BCUT2D eigenvalue weighted by Crippen LogP contribution is -2.51. The second-order valence-electron chi connectivity index (χ2n) is 6.95. The molecule has 28 heavy (non-hydrogen) atoms. The second-order valence-corrected chi connectivity index (χ2v) is 6.95. The van der Waals surface area contributed by atoms with Crippen LogP contribution in [0, 0.1) is 12.8 Å². The van der Waals surface area contributed by atoms with E-state index in [2.05, 4.69) is 10.3 Å². The molecule has 148 valence electrons. The van der Waals surface area contributed by atoms with Gasteiger partial charge in [0, 0.05) is 24.7 Å². The minimum atomic E-state index is -0.797. The number of carbonyl (C=O) groups is 3. The van der Waals surface area contributed by atoms with Crippen LogP contribution in [0.3, 0.4) is 0 Å². The molecule has 2 rings (SSSR count). The SMILES string of the molecule is Cc1ccc(N(C(=O)CCC(=O)Nc2ccccn2)C(C(N)=O)C(C)C)cc1. The molecule has 0 fully saturated rings. The molecule has 0 saturated carbocycles. The summed E-state index contributed by atoms with van der Waals surface area (Å²) in [6.45, 7) is 5.60. The minimum Gasteiger partial charge on any atom is -0.368 e. The van der Waals surface area contributed by atoms with Crippen molar-refractivity contribution >= 4 is 29.2 Å². The highest BCUT2D eigenvalue weighted by Crippen LogP contribution is 2.23. The number of nitrogens with one attached hydrogen (secondary N) is 1. The Labute approximate surface area is 164 Å². The van der Waals surface area contributed by atoms with Gasteiger partial charge in [-0.05, 0) is 37.1 Å². The van der Waals surface area contributed by atoms with E-state index in [0.717, 1.165) is 5.56 Å². The molecule has 0 radical (unpaired) electrons. The number of carbonyl (C=O) groups excluding carboxylic acids is 3. The first kappa shape index (κ1) is 21.1. The third kappa shape index (κ3) is 5.64. The van der Waals surface area contributed by atoms with Crippen molar-refractivity contribution in [3.8, 4) is 0 Å². The van der Waals surface area contributed by atoms with Gasteiger partial charge in [-0.2, -0.15) is 0 Å². The largest absolute Gasteiger partial charge is 0.368 e. The summed E-state index contributed by atoms with van der Waals surface area (Å²) in [6, 6.07) is 11.7. The van der Waals surface area contributed by atoms with Crippen LogP contribution in [0.15, 0.2) is 48.7 Å². The number of pyridine rings is 1. The lowest BCUT2D eigenvalue weighted by atomic mass is 10.00. The number of hydrogen-bond acceptors (Lipinski definition) is 4. The van der Waals surface area contributed by atoms with E-state index in [4.69, 9.17) is 5.73 Å². The Hall–Kier alpha value is -3.22. The molecule has 0 saturated heterocycles. The Morgan fingerprint density at radius 2 is 1.75 bits per heavy atom. The Kier molecular flexibility index (Phi) is 7.26. The predicted molar refractivity (Wildman–Crippen MR) is 109 cm³/mol. The summed E-state index contributed by atoms with van der Waals surface area (Å²) in [7, 11) is 0. The smallest absolute Gasteiger partial charge is 0.240 e. The van der Waals surface area contributed by atoms with Gasteiger partial charge in [-0.15, -0.1) is 0 Å². The van der Waals surface area contributed by atoms with E-state index >= 15 is 0 Å². The van der Waals surface area contributed by atoms with Gasteiger partial charge in [-0.25, -0.2) is 4.98 Å². The van der Waals surface area contributed by atoms with Crippen LogP contribution in [-0.2, 0) is 14.4 Å². The van der Waals surface area contributed by atoms with E-state index in [9.17, 15) is 14.4 Å². The topological polar surface area (TPSA) is 105 Å². The van der Waals surface area contributed by atoms with Crippen LogP contribution in [0.1, 0.15) is 32.3 Å². The van der Waals surface area contributed by atoms with Crippen LogP contribution in [0.5, 0.6) is 0 Å². The highest BCUT2D eigenvalue weighted by Gasteiger charge is 2.32. The van der Waals surface area contributed by atoms with Gasteiger partial charge in [0.2, 0.25) is 17.7 Å². The van der Waals surface area contributed by atoms with E-state index < -0.39 is 11.9 Å². The molecule has 0 spiro atoms. The summed E-state index contributed by atoms with van der Waals surface area (Å²) < 4.78 is 0. The molecule has 7 heteroatoms. The molecule has 1 unspecified atom stereocenters. The molecular weight excluding hydrogens is 356 g/mol. The quantitative estimate of drug-likeness (QED) is 0.732. The van der Waals surface area contributed by atoms with Crippen LogP contribution in [0.2, 0.25) is 0 Å². The fraction of sp³-hybridized carbons (Fsp3) is 0.333. The maximum absolute atomic E-state index is 13.0. The number of aryl methyl sites for hydroxylation is 1. The van der Waals surface area contributed by atoms with Crippen molar-refractivity contribution in [2.24, 2.45) is 11.7 Å². The third-order valence-electron chi connectivity index (χ3n) is 4.28. The Morgan fingerprint density at radius 3 is 2.29 bits per heavy atom. The molecule has 0 bridgehead atoms. The maximum Gasteiger partial charge on any atom is 0.240 e. The first-order valence-electron chi connectivity index (χ1n) is 9.18. The zero-order chi connectivity index (χ0) is 20.7. The first-order valence-corrected chi connectivity index (χ1v) is 9.18. The molecule has 1 aromatic carbocycles. The van der Waals surface area contributed by atoms with Gasteiger partial charge in [0.05, 0.1) is 0 Å². The molecule has 3 amide bonds. The highest BCUT2D eigenvalue weighted by molar-refractivity contribution is 6.02. The van der Waals surface area contributed by atoms with Crippen molar-refractivity contribution in [1.29, 1.82) is 0 Å². The molecule has 1 heterocycles. The molecule has 0 aliphatic rings. The summed E-state index contributed by atoms with van der Waals surface area (Å²) >= 11 is 0. The summed E-state index contributed by atoms with van der Waals surface area (Å²) in [4.78, 5) is 42.6. The second kappa shape index (κ2) is 9.64. The van der Waals surface area contributed by atoms with Crippen molar-refractivity contribution in [2.75, 3.05) is 10.2 Å². The van der Waals surface area contributed by atoms with Gasteiger partial charge in [0.1, 0.15) is 11.9 Å². The number of nitrogens with two attached hydrogens (primary N) is 1. The Morgan fingerprint density at radius 1 is 1.07 bits per heavy atom. The van der Waals surface area contributed by atoms with Crippen LogP contribution >= 0.6 is 0 Å². The van der Waals surface area contributed by atoms with Crippen LogP contribution in [0.25, 0.3) is 0 Å². The molecule has 0 aliphatic heterocycles. The number of rotatable bonds is 8. The van der Waals surface area contributed by atoms with Crippen LogP contribution in [-0.4, -0.2) is 28.7 Å². The van der Waals surface area contributed by atoms with Gasteiger partial charge in [0.25, 0.3) is 0 Å². The standard InChI is InChI=1S/C21H26N4O3/c1-14(2)20(21(22)28)25(16-9-7-15(3)8-10-16)19(27)12-11-18(26)24-17-6-4-5-13-23-17/h4-10,13-14,20H,11-12H2,1-3H3,(H2,22,28)(H,23,24,26). The summed E-state index contributed by atoms with van der Waals surface area (Å²) in [5.74, 6) is -0.993. The average molecular weight is 382 g/mol. The molecule has 7 nitrogen and oxygen atoms in total. The number of benzene rings is 1. The van der Waals surface area contributed by atoms with Gasteiger partial charge in [0.15, 0.2) is 0 Å². The van der Waals surface area contributed by atoms with Crippen molar-refractivity contribution in [3.05, 3.63) is 54.2 Å². The number of primary amides is 1. The van der Waals surface area contributed by atoms with Crippen molar-refractivity contribution in [2.45, 2.75) is 39.7 Å². The molecule has 1 aromatic heterocycles. The lowest BCUT2D eigenvalue weighted by molar-refractivity contribution is -0.126. The molecule has 0 aliphatic carbocycles. The molecule has 3 N–H and O–H groups in total. The van der Waals surface area contributed by atoms with E-state index in [1.54, 1.807) is 36.5 Å². The van der Waals surface area contributed by atoms with Gasteiger partial charge in [-0.1, -0.05) is 37.6 Å². The predicted octanol–water partition coefficient (Wildman–Crippen LogP) is 2.65. The van der Waals surface area contributed by atoms with E-state index in [1.165, 1.54) is 4.90 Å². The van der Waals surface area contributed by atoms with Crippen molar-refractivity contribution < 1.29 is 14.4 Å². The van der Waals surface area contributed by atoms with Gasteiger partial charge >= 0.3 is 0 Å². The number of nitrogens with zero attached hydrogens (tertiary/aromatic N) is 2.